The van der Waals surface area contributed by atoms with Crippen molar-refractivity contribution in [3.63, 3.8) is 0 Å². The quantitative estimate of drug-likeness (QED) is 0.750. The van der Waals surface area contributed by atoms with Gasteiger partial charge in [-0.1, -0.05) is 76.6 Å². The van der Waals surface area contributed by atoms with E-state index in [-0.39, 0.29) is 17.6 Å². The number of benzene rings is 2. The summed E-state index contributed by atoms with van der Waals surface area (Å²) in [5.74, 6) is 0. The molecular formula is C18H19BrO. The van der Waals surface area contributed by atoms with Gasteiger partial charge in [-0.15, -0.1) is 0 Å². The molecule has 20 heavy (non-hydrogen) atoms. The first kappa shape index (κ1) is 13.8. The van der Waals surface area contributed by atoms with E-state index < -0.39 is 0 Å². The summed E-state index contributed by atoms with van der Waals surface area (Å²) < 4.78 is 6.19. The summed E-state index contributed by atoms with van der Waals surface area (Å²) in [6, 6.07) is 21.5. The Labute approximate surface area is 129 Å². The Kier molecular flexibility index (Phi) is 3.95. The van der Waals surface area contributed by atoms with E-state index in [0.717, 1.165) is 11.8 Å². The molecule has 1 nitrogen and oxygen atoms in total. The van der Waals surface area contributed by atoms with Crippen LogP contribution in [0.15, 0.2) is 60.7 Å². The maximum atomic E-state index is 6.19. The van der Waals surface area contributed by atoms with Gasteiger partial charge in [-0.3, -0.25) is 0 Å². The van der Waals surface area contributed by atoms with Gasteiger partial charge in [-0.05, 0) is 24.5 Å². The standard InChI is InChI=1S/C18H19BrO/c1-14-18(12-17(13-19)20-14,15-8-4-2-5-9-15)16-10-6-3-7-11-16/h2-11,14,17H,12-13H2,1H3/t14-,17-/m0/s1. The predicted molar refractivity (Wildman–Crippen MR) is 86.4 cm³/mol. The number of hydrogen-bond donors (Lipinski definition) is 0. The molecule has 1 fully saturated rings. The van der Waals surface area contributed by atoms with Gasteiger partial charge in [0, 0.05) is 10.7 Å². The van der Waals surface area contributed by atoms with E-state index in [0.29, 0.717) is 0 Å². The number of rotatable bonds is 3. The van der Waals surface area contributed by atoms with Crippen LogP contribution in [0.4, 0.5) is 0 Å². The van der Waals surface area contributed by atoms with Crippen molar-refractivity contribution >= 4 is 15.9 Å². The summed E-state index contributed by atoms with van der Waals surface area (Å²) in [6.07, 6.45) is 1.47. The third-order valence-corrected chi connectivity index (χ3v) is 5.11. The van der Waals surface area contributed by atoms with Gasteiger partial charge in [-0.2, -0.15) is 0 Å². The molecule has 2 atom stereocenters. The second kappa shape index (κ2) is 5.71. The lowest BCUT2D eigenvalue weighted by Gasteiger charge is -2.33. The predicted octanol–water partition coefficient (Wildman–Crippen LogP) is 4.55. The van der Waals surface area contributed by atoms with Crippen molar-refractivity contribution in [2.45, 2.75) is 31.0 Å². The van der Waals surface area contributed by atoms with Crippen molar-refractivity contribution in [1.82, 2.24) is 0 Å². The molecule has 0 spiro atoms. The van der Waals surface area contributed by atoms with Crippen molar-refractivity contribution in [3.05, 3.63) is 71.8 Å². The zero-order valence-corrected chi connectivity index (χ0v) is 13.2. The fourth-order valence-electron chi connectivity index (χ4n) is 3.41. The summed E-state index contributed by atoms with van der Waals surface area (Å²) >= 11 is 3.58. The van der Waals surface area contributed by atoms with Crippen molar-refractivity contribution < 1.29 is 4.74 Å². The minimum Gasteiger partial charge on any atom is -0.373 e. The van der Waals surface area contributed by atoms with E-state index in [1.807, 2.05) is 0 Å². The zero-order valence-electron chi connectivity index (χ0n) is 11.6. The summed E-state index contributed by atoms with van der Waals surface area (Å²) in [7, 11) is 0. The van der Waals surface area contributed by atoms with Crippen LogP contribution < -0.4 is 0 Å². The van der Waals surface area contributed by atoms with Crippen LogP contribution in [0.3, 0.4) is 0 Å². The average Bonchev–Trinajstić information content (AvgIpc) is 2.87. The van der Waals surface area contributed by atoms with Gasteiger partial charge >= 0.3 is 0 Å². The second-order valence-electron chi connectivity index (χ2n) is 5.46. The number of halogens is 1. The Morgan fingerprint density at radius 1 is 1.00 bits per heavy atom. The Balaban J connectivity index is 2.14. The molecule has 0 amide bonds. The highest BCUT2D eigenvalue weighted by atomic mass is 79.9. The second-order valence-corrected chi connectivity index (χ2v) is 6.11. The highest BCUT2D eigenvalue weighted by Gasteiger charge is 2.48. The van der Waals surface area contributed by atoms with Crippen molar-refractivity contribution in [2.24, 2.45) is 0 Å². The molecule has 1 aliphatic rings. The first-order valence-electron chi connectivity index (χ1n) is 7.10. The Hall–Kier alpha value is -1.12. The minimum absolute atomic E-state index is 0.0407. The topological polar surface area (TPSA) is 9.23 Å². The molecule has 1 heterocycles. The lowest BCUT2D eigenvalue weighted by Crippen LogP contribution is -2.34. The van der Waals surface area contributed by atoms with E-state index in [2.05, 4.69) is 83.5 Å². The van der Waals surface area contributed by atoms with Crippen LogP contribution in [-0.2, 0) is 10.2 Å². The maximum absolute atomic E-state index is 6.19. The molecule has 0 N–H and O–H groups in total. The molecule has 3 rings (SSSR count). The monoisotopic (exact) mass is 330 g/mol. The zero-order chi connectivity index (χ0) is 14.0. The van der Waals surface area contributed by atoms with Gasteiger partial charge in [0.1, 0.15) is 0 Å². The smallest absolute Gasteiger partial charge is 0.0689 e. The summed E-state index contributed by atoms with van der Waals surface area (Å²) in [4.78, 5) is 0. The van der Waals surface area contributed by atoms with E-state index in [1.165, 1.54) is 11.1 Å². The third-order valence-electron chi connectivity index (χ3n) is 4.39. The fraction of sp³-hybridized carbons (Fsp3) is 0.333. The van der Waals surface area contributed by atoms with E-state index in [9.17, 15) is 0 Å². The van der Waals surface area contributed by atoms with Crippen LogP contribution in [0.1, 0.15) is 24.5 Å². The van der Waals surface area contributed by atoms with Crippen LogP contribution in [0.2, 0.25) is 0 Å². The van der Waals surface area contributed by atoms with Gasteiger partial charge in [0.05, 0.1) is 12.2 Å². The van der Waals surface area contributed by atoms with Crippen molar-refractivity contribution in [2.75, 3.05) is 5.33 Å². The SMILES string of the molecule is C[C@@H]1O[C@H](CBr)CC1(c1ccccc1)c1ccccc1. The lowest BCUT2D eigenvalue weighted by atomic mass is 9.69. The highest BCUT2D eigenvalue weighted by molar-refractivity contribution is 9.09. The molecule has 0 radical (unpaired) electrons. The molecule has 2 heteroatoms. The molecule has 104 valence electrons. The Morgan fingerprint density at radius 2 is 1.50 bits per heavy atom. The number of hydrogen-bond acceptors (Lipinski definition) is 1. The van der Waals surface area contributed by atoms with Crippen LogP contribution >= 0.6 is 15.9 Å². The molecular weight excluding hydrogens is 312 g/mol. The van der Waals surface area contributed by atoms with Crippen LogP contribution in [0.25, 0.3) is 0 Å². The highest BCUT2D eigenvalue weighted by Crippen LogP contribution is 2.46. The van der Waals surface area contributed by atoms with E-state index in [1.54, 1.807) is 0 Å². The first-order valence-corrected chi connectivity index (χ1v) is 8.22. The maximum Gasteiger partial charge on any atom is 0.0689 e. The van der Waals surface area contributed by atoms with Crippen molar-refractivity contribution in [3.8, 4) is 0 Å². The molecule has 0 unspecified atom stereocenters. The molecule has 2 aromatic carbocycles. The van der Waals surface area contributed by atoms with Crippen LogP contribution in [0, 0.1) is 0 Å². The minimum atomic E-state index is -0.0407. The van der Waals surface area contributed by atoms with Crippen LogP contribution in [-0.4, -0.2) is 17.5 Å². The van der Waals surface area contributed by atoms with Gasteiger partial charge in [0.25, 0.3) is 0 Å². The molecule has 0 saturated carbocycles. The lowest BCUT2D eigenvalue weighted by molar-refractivity contribution is 0.0576. The molecule has 1 aliphatic heterocycles. The summed E-state index contributed by atoms with van der Waals surface area (Å²) in [5, 5.41) is 0.888. The normalized spacial score (nSPS) is 24.7. The molecule has 2 aromatic rings. The summed E-state index contributed by atoms with van der Waals surface area (Å²) in [6.45, 7) is 2.20. The number of alkyl halides is 1. The first-order chi connectivity index (χ1) is 9.77. The Morgan fingerprint density at radius 3 is 1.90 bits per heavy atom. The third kappa shape index (κ3) is 2.21. The molecule has 0 aromatic heterocycles. The van der Waals surface area contributed by atoms with E-state index in [4.69, 9.17) is 4.74 Å². The van der Waals surface area contributed by atoms with Gasteiger partial charge in [0.2, 0.25) is 0 Å². The average molecular weight is 331 g/mol. The van der Waals surface area contributed by atoms with Gasteiger partial charge < -0.3 is 4.74 Å². The van der Waals surface area contributed by atoms with Crippen molar-refractivity contribution in [1.29, 1.82) is 0 Å². The molecule has 0 bridgehead atoms. The largest absolute Gasteiger partial charge is 0.373 e. The Bertz CT molecular complexity index is 513. The van der Waals surface area contributed by atoms with Gasteiger partial charge in [0.15, 0.2) is 0 Å². The fourth-order valence-corrected chi connectivity index (χ4v) is 3.79. The molecule has 0 aliphatic carbocycles. The van der Waals surface area contributed by atoms with Gasteiger partial charge in [-0.25, -0.2) is 0 Å². The molecule has 1 saturated heterocycles. The number of ether oxygens (including phenoxy) is 1. The van der Waals surface area contributed by atoms with Crippen LogP contribution in [0.5, 0.6) is 0 Å². The van der Waals surface area contributed by atoms with E-state index >= 15 is 0 Å². The summed E-state index contributed by atoms with van der Waals surface area (Å²) in [5.41, 5.74) is 2.66.